The first-order valence-electron chi connectivity index (χ1n) is 24.1. The molecular weight excluding hydrogens is 858 g/mol. The third kappa shape index (κ3) is 9.75. The number of nitrogens with one attached hydrogen (secondary N) is 1. The number of carbonyl (C=O) groups is 4. The fourth-order valence-electron chi connectivity index (χ4n) is 13.5. The number of cyclic esters (lactones) is 1. The van der Waals surface area contributed by atoms with Crippen LogP contribution in [0.1, 0.15) is 114 Å². The van der Waals surface area contributed by atoms with E-state index in [0.29, 0.717) is 38.0 Å². The number of aliphatic hydroxyl groups is 6. The normalized spacial score (nSPS) is 45.9. The molecule has 0 radical (unpaired) electrons. The lowest BCUT2D eigenvalue weighted by Crippen LogP contribution is -2.64. The molecule has 17 heteroatoms. The minimum absolute atomic E-state index is 0.0170. The average Bonchev–Trinajstić information content (AvgIpc) is 3.48. The van der Waals surface area contributed by atoms with Gasteiger partial charge in [0.1, 0.15) is 30.6 Å². The summed E-state index contributed by atoms with van der Waals surface area (Å²) < 4.78 is 28.0. The number of Topliss-reactive ketones (excluding diaryl/α,β-unsaturated/α-hetero) is 1. The highest BCUT2D eigenvalue weighted by molar-refractivity contribution is 6.01. The van der Waals surface area contributed by atoms with Crippen LogP contribution in [0.25, 0.3) is 0 Å². The molecule has 1 aliphatic heterocycles. The highest BCUT2D eigenvalue weighted by atomic mass is 19.1. The zero-order valence-corrected chi connectivity index (χ0v) is 40.6. The zero-order valence-electron chi connectivity index (χ0n) is 40.6. The van der Waals surface area contributed by atoms with Crippen molar-refractivity contribution in [1.82, 2.24) is 10.2 Å². The number of halogens is 1. The van der Waals surface area contributed by atoms with E-state index in [2.05, 4.69) is 10.5 Å². The lowest BCUT2D eigenvalue weighted by atomic mass is 9.45. The Bertz CT molecular complexity index is 1860. The molecule has 7 N–H and O–H groups in total. The van der Waals surface area contributed by atoms with Gasteiger partial charge in [0.25, 0.3) is 0 Å². The number of hydrogen-bond donors (Lipinski definition) is 7. The van der Waals surface area contributed by atoms with E-state index in [9.17, 15) is 54.7 Å². The molecule has 0 aromatic heterocycles. The maximum Gasteiger partial charge on any atom is 0.311 e. The number of ketones is 2. The first kappa shape index (κ1) is 53.9. The highest BCUT2D eigenvalue weighted by Crippen LogP contribution is 2.70. The number of ether oxygens (including phenoxy) is 2. The lowest BCUT2D eigenvalue weighted by Gasteiger charge is -2.60. The first-order chi connectivity index (χ1) is 30.7. The van der Waals surface area contributed by atoms with Crippen molar-refractivity contribution < 1.29 is 63.7 Å². The van der Waals surface area contributed by atoms with Gasteiger partial charge in [0, 0.05) is 47.7 Å². The Kier molecular flexibility index (Phi) is 16.8. The van der Waals surface area contributed by atoms with Crippen LogP contribution in [-0.4, -0.2) is 151 Å². The van der Waals surface area contributed by atoms with E-state index >= 15 is 4.39 Å². The van der Waals surface area contributed by atoms with Gasteiger partial charge in [-0.1, -0.05) is 52.8 Å². The van der Waals surface area contributed by atoms with Gasteiger partial charge in [-0.3, -0.25) is 24.1 Å². The van der Waals surface area contributed by atoms with Crippen LogP contribution in [0.2, 0.25) is 0 Å². The van der Waals surface area contributed by atoms with Gasteiger partial charge in [0.05, 0.1) is 36.2 Å². The number of esters is 2. The zero-order chi connectivity index (χ0) is 49.5. The van der Waals surface area contributed by atoms with E-state index in [4.69, 9.17) is 9.47 Å². The Labute approximate surface area is 389 Å². The summed E-state index contributed by atoms with van der Waals surface area (Å²) in [5.41, 5.74) is -7.16. The molecule has 0 aromatic rings. The molecule has 4 aliphatic carbocycles. The van der Waals surface area contributed by atoms with E-state index < -0.39 is 124 Å². The highest BCUT2D eigenvalue weighted by Gasteiger charge is 2.73. The number of alkyl halides is 1. The van der Waals surface area contributed by atoms with Crippen molar-refractivity contribution >= 4 is 23.5 Å². The summed E-state index contributed by atoms with van der Waals surface area (Å²) >= 11 is 0. The van der Waals surface area contributed by atoms with Gasteiger partial charge < -0.3 is 45.4 Å². The number of carbonyl (C=O) groups excluding carboxylic acids is 4. The van der Waals surface area contributed by atoms with E-state index in [0.717, 1.165) is 0 Å². The fraction of sp³-hybridized carbons (Fsp3) is 0.837. The fourth-order valence-corrected chi connectivity index (χ4v) is 13.5. The van der Waals surface area contributed by atoms with Gasteiger partial charge >= 0.3 is 11.9 Å². The van der Waals surface area contributed by atoms with Crippen LogP contribution in [0.5, 0.6) is 0 Å². The SMILES string of the molecule is CC[C@H]1OC(=O)[C@H](C)[C@@H](O)[C@H](C)[C@@H](O)[C@](C)(O)C[C@@H](C)CN(CCCNCCC(=O)O[C@]2(C(=O)CO)[C@H](C)CC3C4C[C@H](F)C5=CC(=O)C=C[C@]5(C)C4[C@@H](N=O)C[C@@]32C)[C@H](C)[C@@H](O)[C@]1(C)O. The summed E-state index contributed by atoms with van der Waals surface area (Å²) in [4.78, 5) is 68.1. The summed E-state index contributed by atoms with van der Waals surface area (Å²) in [7, 11) is 0. The summed E-state index contributed by atoms with van der Waals surface area (Å²) in [6, 6.07) is -1.59. The molecule has 3 unspecified atom stereocenters. The predicted molar refractivity (Wildman–Crippen MR) is 242 cm³/mol. The molecular formula is C49H78FN3O13. The third-order valence-electron chi connectivity index (χ3n) is 17.1. The topological polar surface area (TPSA) is 253 Å². The molecule has 5 aliphatic rings. The summed E-state index contributed by atoms with van der Waals surface area (Å²) in [6.45, 7) is 17.0. The molecule has 19 atom stereocenters. The second-order valence-corrected chi connectivity index (χ2v) is 21.7. The summed E-state index contributed by atoms with van der Waals surface area (Å²) in [5, 5.41) is 74.4. The second kappa shape index (κ2) is 20.5. The van der Waals surface area contributed by atoms with Crippen molar-refractivity contribution in [2.24, 2.45) is 57.4 Å². The molecule has 0 aromatic carbocycles. The van der Waals surface area contributed by atoms with Crippen molar-refractivity contribution in [2.45, 2.75) is 174 Å². The molecule has 5 rings (SSSR count). The number of nitroso groups, excluding NO2 is 1. The molecule has 4 fully saturated rings. The Morgan fingerprint density at radius 3 is 2.29 bits per heavy atom. The van der Waals surface area contributed by atoms with Crippen molar-refractivity contribution in [1.29, 1.82) is 0 Å². The molecule has 3 saturated carbocycles. The molecule has 0 amide bonds. The molecule has 0 spiro atoms. The van der Waals surface area contributed by atoms with Crippen LogP contribution in [0.3, 0.4) is 0 Å². The van der Waals surface area contributed by atoms with Gasteiger partial charge in [0.2, 0.25) is 5.78 Å². The quantitative estimate of drug-likeness (QED) is 0.0842. The minimum Gasteiger partial charge on any atom is -0.459 e. The van der Waals surface area contributed by atoms with Crippen LogP contribution >= 0.6 is 0 Å². The van der Waals surface area contributed by atoms with Crippen LogP contribution in [0, 0.1) is 57.2 Å². The van der Waals surface area contributed by atoms with E-state index in [1.807, 2.05) is 18.7 Å². The Morgan fingerprint density at radius 1 is 1.00 bits per heavy atom. The van der Waals surface area contributed by atoms with Gasteiger partial charge in [-0.15, -0.1) is 0 Å². The third-order valence-corrected chi connectivity index (χ3v) is 17.1. The molecule has 0 bridgehead atoms. The standard InChI is InChI=1S/C49H78FN3O13/c1-11-38-48(10,63)43(60)30(6)53(24-26(2)22-47(9,62)42(59)28(4)41(58)29(5)44(61)65-38)18-12-16-51-17-14-39(57)66-49(37(56)25-54)27(3)19-33-32-21-35(50)34-20-31(55)13-15-45(34,7)40(32)36(52-64)23-46(33,49)8/h13,15,20,26-30,32-33,35-36,38,40-43,51,54,58-60,62-63H,11-12,14,16-19,21-25H2,1-10H3/t26-,27-,28+,29-,30-,32?,33?,35+,36+,38-,40?,41+,42-,43-,45+,46+,47-,48-,49+/m1/s1. The van der Waals surface area contributed by atoms with E-state index in [-0.39, 0.29) is 56.3 Å². The largest absolute Gasteiger partial charge is 0.459 e. The van der Waals surface area contributed by atoms with Gasteiger partial charge in [-0.25, -0.2) is 4.39 Å². The van der Waals surface area contributed by atoms with Gasteiger partial charge in [0.15, 0.2) is 11.4 Å². The number of nitrogens with zero attached hydrogens (tertiary/aromatic N) is 2. The maximum absolute atomic E-state index is 16.1. The number of fused-ring (bicyclic) bond motifs is 5. The van der Waals surface area contributed by atoms with E-state index in [1.165, 1.54) is 32.9 Å². The Morgan fingerprint density at radius 2 is 1.67 bits per heavy atom. The first-order valence-corrected chi connectivity index (χ1v) is 24.1. The molecule has 66 heavy (non-hydrogen) atoms. The summed E-state index contributed by atoms with van der Waals surface area (Å²) in [5.74, 6) is -6.62. The predicted octanol–water partition coefficient (Wildman–Crippen LogP) is 3.36. The number of rotatable bonds is 12. The van der Waals surface area contributed by atoms with Crippen molar-refractivity contribution in [3.8, 4) is 0 Å². The van der Waals surface area contributed by atoms with Gasteiger partial charge in [-0.2, -0.15) is 4.91 Å². The second-order valence-electron chi connectivity index (χ2n) is 21.7. The van der Waals surface area contributed by atoms with Crippen molar-refractivity contribution in [3.05, 3.63) is 28.7 Å². The Hall–Kier alpha value is -3.03. The monoisotopic (exact) mass is 936 g/mol. The minimum atomic E-state index is -1.91. The van der Waals surface area contributed by atoms with Crippen LogP contribution in [0.15, 0.2) is 29.0 Å². The number of hydrogen-bond acceptors (Lipinski definition) is 16. The van der Waals surface area contributed by atoms with Crippen LogP contribution in [-0.2, 0) is 28.7 Å². The maximum atomic E-state index is 16.1. The smallest absolute Gasteiger partial charge is 0.311 e. The molecule has 1 saturated heterocycles. The van der Waals surface area contributed by atoms with Crippen molar-refractivity contribution in [2.75, 3.05) is 32.8 Å². The Balaban J connectivity index is 1.27. The van der Waals surface area contributed by atoms with Crippen LogP contribution < -0.4 is 5.32 Å². The number of aliphatic hydroxyl groups excluding tert-OH is 4. The summed E-state index contributed by atoms with van der Waals surface area (Å²) in [6.07, 6.45) is -1.31. The average molecular weight is 936 g/mol. The number of allylic oxidation sites excluding steroid dienone is 4. The van der Waals surface area contributed by atoms with E-state index in [1.54, 1.807) is 40.7 Å². The lowest BCUT2D eigenvalue weighted by molar-refractivity contribution is -0.198. The van der Waals surface area contributed by atoms with Crippen LogP contribution in [0.4, 0.5) is 4.39 Å². The molecule has 374 valence electrons. The van der Waals surface area contributed by atoms with Gasteiger partial charge in [-0.05, 0) is 115 Å². The molecule has 1 heterocycles. The van der Waals surface area contributed by atoms with Crippen molar-refractivity contribution in [3.63, 3.8) is 0 Å². The molecule has 16 nitrogen and oxygen atoms in total.